The Hall–Kier alpha value is -1.06. The van der Waals surface area contributed by atoms with Crippen LogP contribution in [0.25, 0.3) is 0 Å². The highest BCUT2D eigenvalue weighted by Crippen LogP contribution is 2.23. The van der Waals surface area contributed by atoms with E-state index >= 15 is 0 Å². The summed E-state index contributed by atoms with van der Waals surface area (Å²) < 4.78 is 0. The summed E-state index contributed by atoms with van der Waals surface area (Å²) >= 11 is 10.5. The summed E-state index contributed by atoms with van der Waals surface area (Å²) in [6, 6.07) is 3.67. The van der Waals surface area contributed by atoms with Crippen molar-refractivity contribution in [3.8, 4) is 5.75 Å². The number of benzene rings is 1. The molecule has 0 saturated carbocycles. The fraction of sp³-hybridized carbons (Fsp3) is 0. The van der Waals surface area contributed by atoms with Crippen LogP contribution in [0.4, 0.5) is 0 Å². The third kappa shape index (κ3) is 2.20. The first-order valence-electron chi connectivity index (χ1n) is 3.25. The SMILES string of the molecule is O=C(Cl)C(=O)c1ccc(O)c(Cl)c1. The van der Waals surface area contributed by atoms with E-state index < -0.39 is 11.0 Å². The molecule has 0 aliphatic rings. The van der Waals surface area contributed by atoms with Gasteiger partial charge in [0.05, 0.1) is 5.02 Å². The van der Waals surface area contributed by atoms with Crippen LogP contribution < -0.4 is 0 Å². The van der Waals surface area contributed by atoms with Crippen molar-refractivity contribution in [1.82, 2.24) is 0 Å². The zero-order valence-electron chi connectivity index (χ0n) is 6.25. The van der Waals surface area contributed by atoms with E-state index in [9.17, 15) is 9.59 Å². The highest BCUT2D eigenvalue weighted by Gasteiger charge is 2.14. The standard InChI is InChI=1S/C8H4Cl2O3/c9-5-3-4(1-2-6(5)11)7(12)8(10)13/h1-3,11H. The quantitative estimate of drug-likeness (QED) is 0.470. The molecular weight excluding hydrogens is 215 g/mol. The summed E-state index contributed by atoms with van der Waals surface area (Å²) in [6.07, 6.45) is 0. The zero-order valence-corrected chi connectivity index (χ0v) is 7.76. The lowest BCUT2D eigenvalue weighted by molar-refractivity contribution is -0.108. The Labute approximate surface area is 83.9 Å². The van der Waals surface area contributed by atoms with E-state index in [1.165, 1.54) is 18.2 Å². The van der Waals surface area contributed by atoms with Crippen molar-refractivity contribution in [3.63, 3.8) is 0 Å². The Morgan fingerprint density at radius 3 is 2.38 bits per heavy atom. The van der Waals surface area contributed by atoms with Crippen molar-refractivity contribution in [2.75, 3.05) is 0 Å². The van der Waals surface area contributed by atoms with Crippen molar-refractivity contribution >= 4 is 34.2 Å². The van der Waals surface area contributed by atoms with E-state index in [4.69, 9.17) is 28.3 Å². The zero-order chi connectivity index (χ0) is 10.0. The number of hydrogen-bond acceptors (Lipinski definition) is 3. The maximum Gasteiger partial charge on any atom is 0.293 e. The van der Waals surface area contributed by atoms with E-state index in [1.54, 1.807) is 0 Å². The molecule has 0 amide bonds. The first kappa shape index (κ1) is 10.0. The van der Waals surface area contributed by atoms with E-state index in [0.29, 0.717) is 0 Å². The highest BCUT2D eigenvalue weighted by molar-refractivity contribution is 6.83. The molecule has 1 aromatic carbocycles. The molecule has 0 aliphatic heterocycles. The van der Waals surface area contributed by atoms with Crippen molar-refractivity contribution < 1.29 is 14.7 Å². The summed E-state index contributed by atoms with van der Waals surface area (Å²) in [5, 5.41) is 7.92. The Balaban J connectivity index is 3.11. The van der Waals surface area contributed by atoms with Crippen molar-refractivity contribution in [3.05, 3.63) is 28.8 Å². The predicted molar refractivity (Wildman–Crippen MR) is 48.3 cm³/mol. The molecule has 68 valence electrons. The lowest BCUT2D eigenvalue weighted by Crippen LogP contribution is -2.06. The molecule has 0 aliphatic carbocycles. The van der Waals surface area contributed by atoms with Gasteiger partial charge in [0.25, 0.3) is 5.24 Å². The molecule has 13 heavy (non-hydrogen) atoms. The van der Waals surface area contributed by atoms with Crippen LogP contribution in [0.5, 0.6) is 5.75 Å². The minimum absolute atomic E-state index is 0.00349. The van der Waals surface area contributed by atoms with Gasteiger partial charge in [0.1, 0.15) is 5.75 Å². The van der Waals surface area contributed by atoms with Gasteiger partial charge in [0.2, 0.25) is 5.78 Å². The molecule has 0 saturated heterocycles. The number of carbonyl (C=O) groups is 2. The summed E-state index contributed by atoms with van der Waals surface area (Å²) in [6.45, 7) is 0. The van der Waals surface area contributed by atoms with Crippen molar-refractivity contribution in [2.45, 2.75) is 0 Å². The van der Waals surface area contributed by atoms with E-state index in [1.807, 2.05) is 0 Å². The number of aromatic hydroxyl groups is 1. The monoisotopic (exact) mass is 218 g/mol. The summed E-state index contributed by atoms with van der Waals surface area (Å²) in [5.41, 5.74) is 0.0581. The van der Waals surface area contributed by atoms with Crippen LogP contribution in [0.15, 0.2) is 18.2 Å². The van der Waals surface area contributed by atoms with Crippen LogP contribution in [0.2, 0.25) is 5.02 Å². The molecule has 0 fully saturated rings. The van der Waals surface area contributed by atoms with Crippen LogP contribution in [-0.4, -0.2) is 16.1 Å². The van der Waals surface area contributed by atoms with Crippen LogP contribution in [0.3, 0.4) is 0 Å². The second-order valence-corrected chi connectivity index (χ2v) is 3.02. The molecule has 0 heterocycles. The minimum Gasteiger partial charge on any atom is -0.506 e. The second kappa shape index (κ2) is 3.77. The van der Waals surface area contributed by atoms with Gasteiger partial charge >= 0.3 is 0 Å². The molecule has 3 nitrogen and oxygen atoms in total. The summed E-state index contributed by atoms with van der Waals surface area (Å²) in [4.78, 5) is 21.4. The molecule has 0 atom stereocenters. The Morgan fingerprint density at radius 1 is 1.31 bits per heavy atom. The third-order valence-corrected chi connectivity index (χ3v) is 1.86. The number of phenols is 1. The molecule has 0 unspecified atom stereocenters. The first-order chi connectivity index (χ1) is 6.02. The molecule has 1 aromatic rings. The Kier molecular flexibility index (Phi) is 2.90. The normalized spacial score (nSPS) is 9.69. The lowest BCUT2D eigenvalue weighted by atomic mass is 10.1. The van der Waals surface area contributed by atoms with E-state index in [-0.39, 0.29) is 16.3 Å². The number of hydrogen-bond donors (Lipinski definition) is 1. The van der Waals surface area contributed by atoms with Gasteiger partial charge in [-0.1, -0.05) is 11.6 Å². The largest absolute Gasteiger partial charge is 0.506 e. The van der Waals surface area contributed by atoms with Gasteiger partial charge in [-0.15, -0.1) is 0 Å². The Bertz CT molecular complexity index is 374. The molecular formula is C8H4Cl2O3. The first-order valence-corrected chi connectivity index (χ1v) is 4.00. The van der Waals surface area contributed by atoms with E-state index in [2.05, 4.69) is 0 Å². The van der Waals surface area contributed by atoms with Gasteiger partial charge in [0.15, 0.2) is 0 Å². The smallest absolute Gasteiger partial charge is 0.293 e. The average Bonchev–Trinajstić information content (AvgIpc) is 2.08. The molecule has 0 aromatic heterocycles. The van der Waals surface area contributed by atoms with Gasteiger partial charge in [-0.3, -0.25) is 9.59 Å². The van der Waals surface area contributed by atoms with Crippen LogP contribution in [-0.2, 0) is 4.79 Å². The molecule has 0 spiro atoms. The fourth-order valence-corrected chi connectivity index (χ4v) is 1.05. The van der Waals surface area contributed by atoms with Gasteiger partial charge in [-0.05, 0) is 29.8 Å². The summed E-state index contributed by atoms with van der Waals surface area (Å²) in [7, 11) is 0. The fourth-order valence-electron chi connectivity index (χ4n) is 0.762. The molecule has 1 N–H and O–H groups in total. The summed E-state index contributed by atoms with van der Waals surface area (Å²) in [5.74, 6) is -0.996. The lowest BCUT2D eigenvalue weighted by Gasteiger charge is -1.98. The topological polar surface area (TPSA) is 54.4 Å². The van der Waals surface area contributed by atoms with Crippen LogP contribution in [0, 0.1) is 0 Å². The van der Waals surface area contributed by atoms with Crippen LogP contribution >= 0.6 is 23.2 Å². The molecule has 0 radical (unpaired) electrons. The second-order valence-electron chi connectivity index (χ2n) is 2.27. The minimum atomic E-state index is -1.08. The highest BCUT2D eigenvalue weighted by atomic mass is 35.5. The Morgan fingerprint density at radius 2 is 1.92 bits per heavy atom. The number of halogens is 2. The third-order valence-electron chi connectivity index (χ3n) is 1.39. The predicted octanol–water partition coefficient (Wildman–Crippen LogP) is 1.99. The van der Waals surface area contributed by atoms with Gasteiger partial charge in [-0.2, -0.15) is 0 Å². The number of phenolic OH excluding ortho intramolecular Hbond substituents is 1. The van der Waals surface area contributed by atoms with E-state index in [0.717, 1.165) is 0 Å². The number of Topliss-reactive ketones (excluding diaryl/α,β-unsaturated/α-hetero) is 1. The number of rotatable bonds is 2. The number of carbonyl (C=O) groups excluding carboxylic acids is 2. The molecule has 0 bridgehead atoms. The maximum atomic E-state index is 11.0. The molecule has 5 heteroatoms. The van der Waals surface area contributed by atoms with Gasteiger partial charge in [0, 0.05) is 5.56 Å². The van der Waals surface area contributed by atoms with Gasteiger partial charge in [-0.25, -0.2) is 0 Å². The van der Waals surface area contributed by atoms with Gasteiger partial charge < -0.3 is 5.11 Å². The number of ketones is 1. The maximum absolute atomic E-state index is 11.0. The van der Waals surface area contributed by atoms with Crippen molar-refractivity contribution in [2.24, 2.45) is 0 Å². The average molecular weight is 219 g/mol. The molecule has 1 rings (SSSR count). The van der Waals surface area contributed by atoms with Crippen molar-refractivity contribution in [1.29, 1.82) is 0 Å². The van der Waals surface area contributed by atoms with Crippen LogP contribution in [0.1, 0.15) is 10.4 Å².